The molecule has 1 saturated heterocycles. The largest absolute Gasteiger partial charge is 0.490 e. The number of aryl methyl sites for hydroxylation is 1. The number of halogens is 1. The number of hydrogen-bond acceptors (Lipinski definition) is 7. The molecule has 2 aromatic carbocycles. The number of anilines is 1. The Kier molecular flexibility index (Phi) is 4.26. The topological polar surface area (TPSA) is 111 Å². The SMILES string of the molecule is COc1cc(N2C(=O)[C@@H]3C(c4ccc(F)cc4)=NO[C@H]3C2=O)c(C)cc1[N+](=O)[O-]. The van der Waals surface area contributed by atoms with E-state index in [9.17, 15) is 24.1 Å². The van der Waals surface area contributed by atoms with Crippen molar-refractivity contribution in [3.05, 3.63) is 63.5 Å². The second-order valence-corrected chi connectivity index (χ2v) is 6.57. The summed E-state index contributed by atoms with van der Waals surface area (Å²) >= 11 is 0. The Morgan fingerprint density at radius 1 is 1.21 bits per heavy atom. The van der Waals surface area contributed by atoms with Gasteiger partial charge in [0.1, 0.15) is 17.4 Å². The number of oxime groups is 1. The van der Waals surface area contributed by atoms with Gasteiger partial charge in [0.15, 0.2) is 5.75 Å². The zero-order valence-corrected chi connectivity index (χ0v) is 15.3. The standard InChI is InChI=1S/C19H14FN3O6/c1-9-7-13(23(26)27)14(28-2)8-12(9)22-18(24)15-16(21-29-17(15)19(22)25)10-3-5-11(20)6-4-10/h3-8,15,17H,1-2H3/t15-,17-/m1/s1. The number of nitro benzene ring substituents is 1. The molecule has 2 aliphatic heterocycles. The second-order valence-electron chi connectivity index (χ2n) is 6.57. The average Bonchev–Trinajstić information content (AvgIpc) is 3.23. The van der Waals surface area contributed by atoms with E-state index in [-0.39, 0.29) is 22.8 Å². The number of fused-ring (bicyclic) bond motifs is 1. The normalized spacial score (nSPS) is 20.4. The van der Waals surface area contributed by atoms with Crippen LogP contribution in [0.3, 0.4) is 0 Å². The molecular formula is C19H14FN3O6. The molecule has 0 radical (unpaired) electrons. The van der Waals surface area contributed by atoms with E-state index >= 15 is 0 Å². The van der Waals surface area contributed by atoms with Gasteiger partial charge < -0.3 is 9.57 Å². The molecule has 0 aromatic heterocycles. The van der Waals surface area contributed by atoms with Gasteiger partial charge in [-0.25, -0.2) is 9.29 Å². The van der Waals surface area contributed by atoms with Crippen molar-refractivity contribution in [1.82, 2.24) is 0 Å². The molecule has 10 heteroatoms. The Bertz CT molecular complexity index is 1080. The minimum Gasteiger partial charge on any atom is -0.490 e. The molecule has 0 unspecified atom stereocenters. The zero-order chi connectivity index (χ0) is 20.9. The number of hydrogen-bond donors (Lipinski definition) is 0. The molecular weight excluding hydrogens is 385 g/mol. The van der Waals surface area contributed by atoms with E-state index in [0.29, 0.717) is 11.1 Å². The van der Waals surface area contributed by atoms with Crippen LogP contribution < -0.4 is 9.64 Å². The molecule has 2 atom stereocenters. The van der Waals surface area contributed by atoms with Gasteiger partial charge >= 0.3 is 5.69 Å². The van der Waals surface area contributed by atoms with Crippen LogP contribution in [0.15, 0.2) is 41.6 Å². The molecule has 2 aliphatic rings. The Balaban J connectivity index is 1.74. The highest BCUT2D eigenvalue weighted by Crippen LogP contribution is 2.40. The summed E-state index contributed by atoms with van der Waals surface area (Å²) in [5, 5.41) is 15.0. The number of ether oxygens (including phenoxy) is 1. The van der Waals surface area contributed by atoms with Crippen molar-refractivity contribution in [3.63, 3.8) is 0 Å². The maximum Gasteiger partial charge on any atom is 0.311 e. The monoisotopic (exact) mass is 399 g/mol. The van der Waals surface area contributed by atoms with Crippen molar-refractivity contribution in [2.75, 3.05) is 12.0 Å². The maximum atomic E-state index is 13.2. The van der Waals surface area contributed by atoms with Crippen molar-refractivity contribution in [2.45, 2.75) is 13.0 Å². The lowest BCUT2D eigenvalue weighted by Gasteiger charge is -2.18. The fourth-order valence-electron chi connectivity index (χ4n) is 3.48. The lowest BCUT2D eigenvalue weighted by molar-refractivity contribution is -0.385. The smallest absolute Gasteiger partial charge is 0.311 e. The fourth-order valence-corrected chi connectivity index (χ4v) is 3.48. The van der Waals surface area contributed by atoms with Gasteiger partial charge in [-0.1, -0.05) is 17.3 Å². The number of carbonyl (C=O) groups excluding carboxylic acids is 2. The van der Waals surface area contributed by atoms with Gasteiger partial charge in [-0.05, 0) is 24.6 Å². The lowest BCUT2D eigenvalue weighted by Crippen LogP contribution is -2.33. The number of benzene rings is 2. The van der Waals surface area contributed by atoms with Crippen molar-refractivity contribution in [2.24, 2.45) is 11.1 Å². The highest BCUT2D eigenvalue weighted by Gasteiger charge is 2.56. The van der Waals surface area contributed by atoms with Crippen LogP contribution in [-0.4, -0.2) is 35.7 Å². The van der Waals surface area contributed by atoms with Crippen LogP contribution in [0.25, 0.3) is 0 Å². The number of amides is 2. The van der Waals surface area contributed by atoms with Crippen molar-refractivity contribution >= 4 is 28.9 Å². The minimum atomic E-state index is -1.15. The molecule has 2 amide bonds. The van der Waals surface area contributed by atoms with Gasteiger partial charge in [-0.3, -0.25) is 19.7 Å². The van der Waals surface area contributed by atoms with Crippen LogP contribution in [-0.2, 0) is 14.4 Å². The molecule has 148 valence electrons. The van der Waals surface area contributed by atoms with E-state index in [1.54, 1.807) is 6.92 Å². The number of nitrogens with zero attached hydrogens (tertiary/aromatic N) is 3. The molecule has 29 heavy (non-hydrogen) atoms. The highest BCUT2D eigenvalue weighted by atomic mass is 19.1. The summed E-state index contributed by atoms with van der Waals surface area (Å²) in [6.07, 6.45) is -1.15. The summed E-state index contributed by atoms with van der Waals surface area (Å²) in [6, 6.07) is 7.84. The molecule has 9 nitrogen and oxygen atoms in total. The van der Waals surface area contributed by atoms with E-state index in [0.717, 1.165) is 4.90 Å². The predicted octanol–water partition coefficient (Wildman–Crippen LogP) is 2.34. The lowest BCUT2D eigenvalue weighted by atomic mass is 9.94. The summed E-state index contributed by atoms with van der Waals surface area (Å²) in [5.41, 5.74) is 0.915. The number of methoxy groups -OCH3 is 1. The molecule has 1 fully saturated rings. The average molecular weight is 399 g/mol. The van der Waals surface area contributed by atoms with Gasteiger partial charge in [-0.2, -0.15) is 0 Å². The Hall–Kier alpha value is -3.82. The second kappa shape index (κ2) is 6.66. The van der Waals surface area contributed by atoms with E-state index < -0.39 is 34.6 Å². The number of nitro groups is 1. The molecule has 0 aliphatic carbocycles. The van der Waals surface area contributed by atoms with Crippen LogP contribution in [0, 0.1) is 28.8 Å². The summed E-state index contributed by atoms with van der Waals surface area (Å²) in [7, 11) is 1.26. The van der Waals surface area contributed by atoms with Crippen molar-refractivity contribution < 1.29 is 28.5 Å². The first kappa shape index (κ1) is 18.5. The summed E-state index contributed by atoms with van der Waals surface area (Å²) < 4.78 is 18.3. The first-order chi connectivity index (χ1) is 13.8. The van der Waals surface area contributed by atoms with Gasteiger partial charge in [0, 0.05) is 17.7 Å². The highest BCUT2D eigenvalue weighted by molar-refractivity contribution is 6.32. The van der Waals surface area contributed by atoms with Crippen LogP contribution in [0.4, 0.5) is 15.8 Å². The van der Waals surface area contributed by atoms with Gasteiger partial charge in [0.25, 0.3) is 5.91 Å². The Labute approximate surface area is 163 Å². The predicted molar refractivity (Wildman–Crippen MR) is 98.2 cm³/mol. The van der Waals surface area contributed by atoms with Gasteiger partial charge in [-0.15, -0.1) is 0 Å². The first-order valence-electron chi connectivity index (χ1n) is 8.54. The molecule has 2 aromatic rings. The molecule has 0 bridgehead atoms. The van der Waals surface area contributed by atoms with Crippen LogP contribution in [0.5, 0.6) is 5.75 Å². The molecule has 0 saturated carbocycles. The third-order valence-corrected chi connectivity index (χ3v) is 4.89. The van der Waals surface area contributed by atoms with Crippen molar-refractivity contribution in [3.8, 4) is 5.75 Å². The maximum absolute atomic E-state index is 13.2. The van der Waals surface area contributed by atoms with E-state index in [1.807, 2.05) is 0 Å². The molecule has 2 heterocycles. The van der Waals surface area contributed by atoms with Gasteiger partial charge in [0.2, 0.25) is 12.0 Å². The van der Waals surface area contributed by atoms with Crippen LogP contribution in [0.1, 0.15) is 11.1 Å². The molecule has 4 rings (SSSR count). The zero-order valence-electron chi connectivity index (χ0n) is 15.3. The van der Waals surface area contributed by atoms with E-state index in [4.69, 9.17) is 9.57 Å². The summed E-state index contributed by atoms with van der Waals surface area (Å²) in [6.45, 7) is 1.55. The fraction of sp³-hybridized carbons (Fsp3) is 0.211. The molecule has 0 N–H and O–H groups in total. The number of carbonyl (C=O) groups is 2. The Morgan fingerprint density at radius 3 is 2.52 bits per heavy atom. The van der Waals surface area contributed by atoms with Gasteiger partial charge in [0.05, 0.1) is 17.7 Å². The van der Waals surface area contributed by atoms with Crippen molar-refractivity contribution in [1.29, 1.82) is 0 Å². The molecule has 0 spiro atoms. The Morgan fingerprint density at radius 2 is 1.90 bits per heavy atom. The van der Waals surface area contributed by atoms with Crippen LogP contribution >= 0.6 is 0 Å². The minimum absolute atomic E-state index is 0.0818. The quantitative estimate of drug-likeness (QED) is 0.443. The van der Waals surface area contributed by atoms with Crippen LogP contribution in [0.2, 0.25) is 0 Å². The van der Waals surface area contributed by atoms with E-state index in [1.165, 1.54) is 43.5 Å². The third kappa shape index (κ3) is 2.80. The third-order valence-electron chi connectivity index (χ3n) is 4.89. The summed E-state index contributed by atoms with van der Waals surface area (Å²) in [5.74, 6) is -2.75. The number of rotatable bonds is 4. The number of imide groups is 1. The first-order valence-corrected chi connectivity index (χ1v) is 8.54. The summed E-state index contributed by atoms with van der Waals surface area (Å²) in [4.78, 5) is 42.7. The van der Waals surface area contributed by atoms with E-state index in [2.05, 4.69) is 5.16 Å².